The van der Waals surface area contributed by atoms with Crippen molar-refractivity contribution >= 4 is 0 Å². The summed E-state index contributed by atoms with van der Waals surface area (Å²) >= 11 is 0. The minimum absolute atomic E-state index is 0.326. The van der Waals surface area contributed by atoms with Gasteiger partial charge in [-0.1, -0.05) is 13.8 Å². The van der Waals surface area contributed by atoms with Gasteiger partial charge in [0.2, 0.25) is 0 Å². The van der Waals surface area contributed by atoms with E-state index in [2.05, 4.69) is 13.8 Å². The summed E-state index contributed by atoms with van der Waals surface area (Å²) in [6.07, 6.45) is 8.25. The molecule has 0 spiro atoms. The van der Waals surface area contributed by atoms with Crippen LogP contribution in [0.2, 0.25) is 0 Å². The lowest BCUT2D eigenvalue weighted by molar-refractivity contribution is -0.0948. The quantitative estimate of drug-likeness (QED) is 0.780. The molecule has 2 aliphatic rings. The largest absolute Gasteiger partial charge is 0.390 e. The van der Waals surface area contributed by atoms with Crippen molar-refractivity contribution in [3.8, 4) is 0 Å². The highest BCUT2D eigenvalue weighted by atomic mass is 16.5. The van der Waals surface area contributed by atoms with Crippen molar-refractivity contribution in [2.24, 2.45) is 11.8 Å². The smallest absolute Gasteiger partial charge is 0.0653 e. The summed E-state index contributed by atoms with van der Waals surface area (Å²) in [4.78, 5) is 0. The van der Waals surface area contributed by atoms with Crippen LogP contribution in [0, 0.1) is 11.8 Å². The molecular weight excluding hydrogens is 200 g/mol. The maximum atomic E-state index is 10.3. The second kappa shape index (κ2) is 5.05. The van der Waals surface area contributed by atoms with Crippen molar-refractivity contribution < 1.29 is 9.84 Å². The molecule has 16 heavy (non-hydrogen) atoms. The standard InChI is InChI=1S/C14H26O2/c1-11(2)12-9-14(15,10-12)7-3-5-13-6-4-8-16-13/h11-13,15H,3-10H2,1-2H3. The van der Waals surface area contributed by atoms with Crippen molar-refractivity contribution in [3.63, 3.8) is 0 Å². The summed E-state index contributed by atoms with van der Waals surface area (Å²) in [5, 5.41) is 10.3. The van der Waals surface area contributed by atoms with E-state index in [0.29, 0.717) is 6.10 Å². The fourth-order valence-corrected chi connectivity index (χ4v) is 3.12. The second-order valence-corrected chi connectivity index (χ2v) is 6.16. The first-order valence-corrected chi connectivity index (χ1v) is 6.93. The Morgan fingerprint density at radius 1 is 1.38 bits per heavy atom. The third-order valence-corrected chi connectivity index (χ3v) is 4.42. The van der Waals surface area contributed by atoms with Crippen LogP contribution >= 0.6 is 0 Å². The van der Waals surface area contributed by atoms with Crippen LogP contribution in [0.25, 0.3) is 0 Å². The van der Waals surface area contributed by atoms with Crippen LogP contribution in [-0.2, 0) is 4.74 Å². The van der Waals surface area contributed by atoms with E-state index in [4.69, 9.17) is 4.74 Å². The Morgan fingerprint density at radius 2 is 2.12 bits per heavy atom. The number of hydrogen-bond acceptors (Lipinski definition) is 2. The average molecular weight is 226 g/mol. The maximum absolute atomic E-state index is 10.3. The normalized spacial score (nSPS) is 39.0. The van der Waals surface area contributed by atoms with Crippen LogP contribution in [0.15, 0.2) is 0 Å². The van der Waals surface area contributed by atoms with Crippen molar-refractivity contribution in [1.82, 2.24) is 0 Å². The Bertz CT molecular complexity index is 213. The summed E-state index contributed by atoms with van der Waals surface area (Å²) in [5.41, 5.74) is -0.326. The van der Waals surface area contributed by atoms with Crippen LogP contribution in [0.3, 0.4) is 0 Å². The van der Waals surface area contributed by atoms with E-state index in [0.717, 1.165) is 50.5 Å². The molecule has 0 aromatic rings. The van der Waals surface area contributed by atoms with E-state index >= 15 is 0 Å². The van der Waals surface area contributed by atoms with Crippen molar-refractivity contribution in [2.75, 3.05) is 6.61 Å². The van der Waals surface area contributed by atoms with Gasteiger partial charge in [-0.2, -0.15) is 0 Å². The molecule has 1 aliphatic carbocycles. The molecule has 1 saturated heterocycles. The predicted molar refractivity (Wildman–Crippen MR) is 65.3 cm³/mol. The molecule has 0 radical (unpaired) electrons. The Morgan fingerprint density at radius 3 is 2.69 bits per heavy atom. The molecule has 1 N–H and O–H groups in total. The minimum atomic E-state index is -0.326. The first-order chi connectivity index (χ1) is 7.59. The lowest BCUT2D eigenvalue weighted by Crippen LogP contribution is -2.45. The van der Waals surface area contributed by atoms with Gasteiger partial charge in [0.15, 0.2) is 0 Å². The van der Waals surface area contributed by atoms with Gasteiger partial charge in [-0.05, 0) is 56.8 Å². The van der Waals surface area contributed by atoms with E-state index in [9.17, 15) is 5.11 Å². The highest BCUT2D eigenvalue weighted by Crippen LogP contribution is 2.45. The summed E-state index contributed by atoms with van der Waals surface area (Å²) in [6, 6.07) is 0. The third-order valence-electron chi connectivity index (χ3n) is 4.42. The highest BCUT2D eigenvalue weighted by Gasteiger charge is 2.42. The Hall–Kier alpha value is -0.0800. The molecule has 2 rings (SSSR count). The lowest BCUT2D eigenvalue weighted by Gasteiger charge is -2.46. The second-order valence-electron chi connectivity index (χ2n) is 6.16. The monoisotopic (exact) mass is 226 g/mol. The molecule has 1 unspecified atom stereocenters. The molecule has 94 valence electrons. The molecule has 0 aromatic carbocycles. The van der Waals surface area contributed by atoms with Crippen LogP contribution in [0.5, 0.6) is 0 Å². The van der Waals surface area contributed by atoms with Crippen LogP contribution in [0.1, 0.15) is 58.8 Å². The van der Waals surface area contributed by atoms with Gasteiger partial charge in [0.05, 0.1) is 11.7 Å². The molecule has 1 aliphatic heterocycles. The highest BCUT2D eigenvalue weighted by molar-refractivity contribution is 4.95. The number of hydrogen-bond donors (Lipinski definition) is 1. The van der Waals surface area contributed by atoms with Crippen LogP contribution in [0.4, 0.5) is 0 Å². The summed E-state index contributed by atoms with van der Waals surface area (Å²) < 4.78 is 5.60. The molecule has 2 heteroatoms. The van der Waals surface area contributed by atoms with E-state index in [1.807, 2.05) is 0 Å². The number of rotatable bonds is 5. The van der Waals surface area contributed by atoms with E-state index in [1.165, 1.54) is 12.8 Å². The van der Waals surface area contributed by atoms with Gasteiger partial charge < -0.3 is 9.84 Å². The molecule has 0 bridgehead atoms. The van der Waals surface area contributed by atoms with E-state index in [1.54, 1.807) is 0 Å². The molecule has 1 atom stereocenters. The van der Waals surface area contributed by atoms with Gasteiger partial charge in [0.1, 0.15) is 0 Å². The van der Waals surface area contributed by atoms with Crippen molar-refractivity contribution in [3.05, 3.63) is 0 Å². The number of aliphatic hydroxyl groups is 1. The summed E-state index contributed by atoms with van der Waals surface area (Å²) in [5.74, 6) is 1.49. The fourth-order valence-electron chi connectivity index (χ4n) is 3.12. The topological polar surface area (TPSA) is 29.5 Å². The zero-order valence-electron chi connectivity index (χ0n) is 10.7. The molecule has 0 amide bonds. The SMILES string of the molecule is CC(C)C1CC(O)(CCCC2CCCO2)C1. The molecular formula is C14H26O2. The lowest BCUT2D eigenvalue weighted by atomic mass is 9.64. The van der Waals surface area contributed by atoms with E-state index in [-0.39, 0.29) is 5.60 Å². The first kappa shape index (κ1) is 12.4. The zero-order valence-corrected chi connectivity index (χ0v) is 10.7. The van der Waals surface area contributed by atoms with Crippen LogP contribution in [-0.4, -0.2) is 23.4 Å². The van der Waals surface area contributed by atoms with Gasteiger partial charge >= 0.3 is 0 Å². The fraction of sp³-hybridized carbons (Fsp3) is 1.00. The van der Waals surface area contributed by atoms with Crippen molar-refractivity contribution in [1.29, 1.82) is 0 Å². The Balaban J connectivity index is 1.59. The summed E-state index contributed by atoms with van der Waals surface area (Å²) in [6.45, 7) is 5.47. The summed E-state index contributed by atoms with van der Waals surface area (Å²) in [7, 11) is 0. The maximum Gasteiger partial charge on any atom is 0.0653 e. The first-order valence-electron chi connectivity index (χ1n) is 6.93. The average Bonchev–Trinajstić information content (AvgIpc) is 2.66. The molecule has 2 nitrogen and oxygen atoms in total. The molecule has 2 fully saturated rings. The van der Waals surface area contributed by atoms with Gasteiger partial charge in [0.25, 0.3) is 0 Å². The van der Waals surface area contributed by atoms with Gasteiger partial charge in [0, 0.05) is 6.61 Å². The van der Waals surface area contributed by atoms with Gasteiger partial charge in [-0.3, -0.25) is 0 Å². The Kier molecular flexibility index (Phi) is 3.91. The van der Waals surface area contributed by atoms with Crippen molar-refractivity contribution in [2.45, 2.75) is 70.5 Å². The third kappa shape index (κ3) is 2.98. The molecule has 0 aromatic heterocycles. The predicted octanol–water partition coefficient (Wildman–Crippen LogP) is 3.13. The molecule has 1 saturated carbocycles. The molecule has 1 heterocycles. The minimum Gasteiger partial charge on any atom is -0.390 e. The van der Waals surface area contributed by atoms with E-state index < -0.39 is 0 Å². The number of ether oxygens (including phenoxy) is 1. The van der Waals surface area contributed by atoms with Crippen LogP contribution < -0.4 is 0 Å². The Labute approximate surface area is 99.4 Å². The zero-order chi connectivity index (χ0) is 11.6. The van der Waals surface area contributed by atoms with Gasteiger partial charge in [-0.15, -0.1) is 0 Å². The van der Waals surface area contributed by atoms with Gasteiger partial charge in [-0.25, -0.2) is 0 Å².